The summed E-state index contributed by atoms with van der Waals surface area (Å²) in [6.45, 7) is 8.07. The number of benzene rings is 1. The van der Waals surface area contributed by atoms with Crippen molar-refractivity contribution in [2.75, 3.05) is 26.4 Å². The van der Waals surface area contributed by atoms with Gasteiger partial charge < -0.3 is 19.5 Å². The highest BCUT2D eigenvalue weighted by Gasteiger charge is 2.19. The molecule has 0 aliphatic carbocycles. The van der Waals surface area contributed by atoms with Crippen molar-refractivity contribution in [3.8, 4) is 0 Å². The van der Waals surface area contributed by atoms with Crippen molar-refractivity contribution in [1.29, 1.82) is 0 Å². The molecule has 0 fully saturated rings. The van der Waals surface area contributed by atoms with Gasteiger partial charge in [0.05, 0.1) is 30.9 Å². The van der Waals surface area contributed by atoms with Gasteiger partial charge in [-0.05, 0) is 32.9 Å². The zero-order valence-corrected chi connectivity index (χ0v) is 17.3. The Morgan fingerprint density at radius 1 is 1.00 bits per heavy atom. The quantitative estimate of drug-likeness (QED) is 0.245. The van der Waals surface area contributed by atoms with E-state index in [0.717, 1.165) is 0 Å². The maximum Gasteiger partial charge on any atom is 0.472 e. The van der Waals surface area contributed by atoms with Gasteiger partial charge in [-0.3, -0.25) is 9.05 Å². The first kappa shape index (κ1) is 26.5. The van der Waals surface area contributed by atoms with Crippen LogP contribution in [0.5, 0.6) is 0 Å². The molecule has 0 amide bonds. The number of carboxylic acid groups (broad SMARTS) is 1. The fourth-order valence-electron chi connectivity index (χ4n) is 1.67. The van der Waals surface area contributed by atoms with Gasteiger partial charge in [0, 0.05) is 5.57 Å². The van der Waals surface area contributed by atoms with Gasteiger partial charge in [-0.25, -0.2) is 18.9 Å². The third kappa shape index (κ3) is 11.2. The van der Waals surface area contributed by atoms with Gasteiger partial charge in [0.1, 0.15) is 6.61 Å². The van der Waals surface area contributed by atoms with Crippen molar-refractivity contribution >= 4 is 25.7 Å². The number of phosphoric ester groups is 1. The Morgan fingerprint density at radius 2 is 1.59 bits per heavy atom. The smallest absolute Gasteiger partial charge is 0.472 e. The minimum absolute atomic E-state index is 0.0362. The number of ether oxygens (including phenoxy) is 2. The Morgan fingerprint density at radius 3 is 2.07 bits per heavy atom. The Bertz CT molecular complexity index is 759. The SMILES string of the molecule is C=C(C)C(=O)OCCOP(=O)(O)OCC.CCOC(=O)c1ccccc1C(=O)O. The predicted molar refractivity (Wildman–Crippen MR) is 103 cm³/mol. The molecule has 1 rings (SSSR count). The lowest BCUT2D eigenvalue weighted by Gasteiger charge is -2.10. The monoisotopic (exact) mass is 432 g/mol. The van der Waals surface area contributed by atoms with Crippen LogP contribution in [0, 0.1) is 0 Å². The van der Waals surface area contributed by atoms with Gasteiger partial charge in [0.15, 0.2) is 0 Å². The number of carbonyl (C=O) groups is 3. The third-order valence-electron chi connectivity index (χ3n) is 2.86. The molecule has 162 valence electrons. The van der Waals surface area contributed by atoms with Crippen molar-refractivity contribution in [3.63, 3.8) is 0 Å². The highest BCUT2D eigenvalue weighted by molar-refractivity contribution is 7.47. The van der Waals surface area contributed by atoms with E-state index in [2.05, 4.69) is 20.4 Å². The first-order valence-electron chi connectivity index (χ1n) is 8.49. The predicted octanol–water partition coefficient (Wildman–Crippen LogP) is 2.82. The summed E-state index contributed by atoms with van der Waals surface area (Å²) in [5.41, 5.74) is 0.305. The normalized spacial score (nSPS) is 12.0. The van der Waals surface area contributed by atoms with Crippen LogP contribution in [0.25, 0.3) is 0 Å². The molecule has 0 radical (unpaired) electrons. The molecular weight excluding hydrogens is 407 g/mol. The van der Waals surface area contributed by atoms with E-state index in [4.69, 9.17) is 14.7 Å². The Hall–Kier alpha value is -2.52. The zero-order chi connectivity index (χ0) is 22.4. The molecule has 0 heterocycles. The molecular formula is C18H25O10P. The number of carbonyl (C=O) groups excluding carboxylic acids is 2. The average Bonchev–Trinajstić information content (AvgIpc) is 2.65. The highest BCUT2D eigenvalue weighted by atomic mass is 31.2. The second-order valence-corrected chi connectivity index (χ2v) is 6.66. The maximum atomic E-state index is 11.3. The lowest BCUT2D eigenvalue weighted by molar-refractivity contribution is -0.139. The summed E-state index contributed by atoms with van der Waals surface area (Å²) in [5.74, 6) is -2.30. The van der Waals surface area contributed by atoms with E-state index in [9.17, 15) is 18.9 Å². The van der Waals surface area contributed by atoms with Gasteiger partial charge in [0.25, 0.3) is 0 Å². The number of hydrogen-bond acceptors (Lipinski definition) is 8. The second-order valence-electron chi connectivity index (χ2n) is 5.21. The van der Waals surface area contributed by atoms with Crippen LogP contribution in [0.4, 0.5) is 0 Å². The fourth-order valence-corrected chi connectivity index (χ4v) is 2.37. The Kier molecular flexibility index (Phi) is 12.4. The molecule has 0 bridgehead atoms. The topological polar surface area (TPSA) is 146 Å². The minimum Gasteiger partial charge on any atom is -0.478 e. The summed E-state index contributed by atoms with van der Waals surface area (Å²) in [6.07, 6.45) is 0. The van der Waals surface area contributed by atoms with Crippen LogP contribution in [0.2, 0.25) is 0 Å². The molecule has 1 atom stereocenters. The van der Waals surface area contributed by atoms with Crippen LogP contribution < -0.4 is 0 Å². The van der Waals surface area contributed by atoms with Crippen molar-refractivity contribution in [3.05, 3.63) is 47.5 Å². The van der Waals surface area contributed by atoms with Crippen LogP contribution in [0.3, 0.4) is 0 Å². The van der Waals surface area contributed by atoms with Crippen LogP contribution in [0.1, 0.15) is 41.5 Å². The second kappa shape index (κ2) is 13.6. The number of esters is 2. The van der Waals surface area contributed by atoms with Crippen molar-refractivity contribution in [2.45, 2.75) is 20.8 Å². The third-order valence-corrected chi connectivity index (χ3v) is 3.96. The molecule has 29 heavy (non-hydrogen) atoms. The first-order valence-corrected chi connectivity index (χ1v) is 9.99. The molecule has 0 aliphatic rings. The standard InChI is InChI=1S/C10H10O4.C8H15O6P/c1-2-14-10(13)8-6-4-3-5-7(8)9(11)12;1-4-13-15(10,11)14-6-5-12-8(9)7(2)3/h3-6H,2H2,1H3,(H,11,12);2,4-6H2,1,3H3,(H,10,11). The number of rotatable bonds is 10. The van der Waals surface area contributed by atoms with Gasteiger partial charge in [-0.15, -0.1) is 0 Å². The molecule has 1 aromatic rings. The van der Waals surface area contributed by atoms with Crippen LogP contribution in [0.15, 0.2) is 36.4 Å². The summed E-state index contributed by atoms with van der Waals surface area (Å²) >= 11 is 0. The molecule has 1 unspecified atom stereocenters. The summed E-state index contributed by atoms with van der Waals surface area (Å²) in [5, 5.41) is 8.77. The van der Waals surface area contributed by atoms with Crippen LogP contribution >= 0.6 is 7.82 Å². The number of hydrogen-bond donors (Lipinski definition) is 2. The molecule has 0 spiro atoms. The first-order chi connectivity index (χ1) is 13.6. The fraction of sp³-hybridized carbons (Fsp3) is 0.389. The molecule has 0 saturated carbocycles. The highest BCUT2D eigenvalue weighted by Crippen LogP contribution is 2.42. The summed E-state index contributed by atoms with van der Waals surface area (Å²) < 4.78 is 29.2. The summed E-state index contributed by atoms with van der Waals surface area (Å²) in [4.78, 5) is 41.8. The molecule has 2 N–H and O–H groups in total. The lowest BCUT2D eigenvalue weighted by atomic mass is 10.1. The number of aromatic carboxylic acids is 1. The minimum atomic E-state index is -3.99. The summed E-state index contributed by atoms with van der Waals surface area (Å²) in [7, 11) is -3.99. The molecule has 11 heteroatoms. The number of phosphoric acid groups is 1. The molecule has 0 aromatic heterocycles. The van der Waals surface area contributed by atoms with E-state index in [1.165, 1.54) is 19.1 Å². The van der Waals surface area contributed by atoms with Gasteiger partial charge in [-0.1, -0.05) is 18.7 Å². The van der Waals surface area contributed by atoms with Gasteiger partial charge in [-0.2, -0.15) is 0 Å². The molecule has 0 saturated heterocycles. The lowest BCUT2D eigenvalue weighted by Crippen LogP contribution is -2.11. The van der Waals surface area contributed by atoms with E-state index in [0.29, 0.717) is 0 Å². The van der Waals surface area contributed by atoms with Crippen molar-refractivity contribution in [1.82, 2.24) is 0 Å². The van der Waals surface area contributed by atoms with E-state index in [1.807, 2.05) is 0 Å². The molecule has 1 aromatic carbocycles. The Labute approximate surface area is 168 Å². The van der Waals surface area contributed by atoms with E-state index < -0.39 is 25.7 Å². The van der Waals surface area contributed by atoms with Crippen LogP contribution in [-0.4, -0.2) is 54.3 Å². The van der Waals surface area contributed by atoms with Gasteiger partial charge in [0.2, 0.25) is 0 Å². The number of carboxylic acids is 1. The summed E-state index contributed by atoms with van der Waals surface area (Å²) in [6, 6.07) is 5.96. The van der Waals surface area contributed by atoms with Crippen molar-refractivity contribution in [2.24, 2.45) is 0 Å². The van der Waals surface area contributed by atoms with Gasteiger partial charge >= 0.3 is 25.7 Å². The molecule has 0 aliphatic heterocycles. The molecule has 10 nitrogen and oxygen atoms in total. The maximum absolute atomic E-state index is 11.3. The van der Waals surface area contributed by atoms with E-state index in [-0.39, 0.29) is 43.1 Å². The van der Waals surface area contributed by atoms with E-state index in [1.54, 1.807) is 26.0 Å². The van der Waals surface area contributed by atoms with Crippen LogP contribution in [-0.2, 0) is 27.9 Å². The average molecular weight is 432 g/mol. The Balaban J connectivity index is 0.000000541. The zero-order valence-electron chi connectivity index (χ0n) is 16.5. The van der Waals surface area contributed by atoms with Crippen molar-refractivity contribution < 1.29 is 47.5 Å². The largest absolute Gasteiger partial charge is 0.478 e. The van der Waals surface area contributed by atoms with E-state index >= 15 is 0 Å².